The molecule has 0 heterocycles. The van der Waals surface area contributed by atoms with Crippen molar-refractivity contribution in [3.8, 4) is 17.2 Å². The van der Waals surface area contributed by atoms with E-state index in [9.17, 15) is 5.11 Å². The van der Waals surface area contributed by atoms with E-state index in [1.807, 2.05) is 0 Å². The Morgan fingerprint density at radius 3 is 1.13 bits per heavy atom. The molecule has 0 aliphatic heterocycles. The van der Waals surface area contributed by atoms with Gasteiger partial charge in [-0.05, 0) is 79.8 Å². The van der Waals surface area contributed by atoms with Crippen LogP contribution >= 0.6 is 7.92 Å². The SMILES string of the molecule is COc1c(P(c2cc(C)cc(C(C)(C)C)c2O)c2cc(C)cc(C(C)(C)C)c2OC)cc(C)cc1C(C)(C)C. The molecule has 0 spiro atoms. The summed E-state index contributed by atoms with van der Waals surface area (Å²) in [4.78, 5) is 0. The number of hydrogen-bond acceptors (Lipinski definition) is 3. The Kier molecular flexibility index (Phi) is 8.60. The number of hydrogen-bond donors (Lipinski definition) is 1. The van der Waals surface area contributed by atoms with Gasteiger partial charge in [-0.3, -0.25) is 0 Å². The highest BCUT2D eigenvalue weighted by Gasteiger charge is 2.34. The third-order valence-corrected chi connectivity index (χ3v) is 9.67. The lowest BCUT2D eigenvalue weighted by molar-refractivity contribution is 0.400. The Morgan fingerprint density at radius 1 is 0.513 bits per heavy atom. The van der Waals surface area contributed by atoms with Crippen molar-refractivity contribution in [2.45, 2.75) is 99.3 Å². The summed E-state index contributed by atoms with van der Waals surface area (Å²) in [6, 6.07) is 13.2. The number of aromatic hydroxyl groups is 1. The van der Waals surface area contributed by atoms with Gasteiger partial charge in [-0.1, -0.05) is 80.5 Å². The standard InChI is InChI=1S/C35H49O3P/c1-21-15-24(33(4,5)6)30(36)27(18-21)39(28-19-22(2)16-25(31(28)37-13)34(7,8)9)29-20-23(3)17-26(32(29)38-14)35(10,11)12/h15-20,36H,1-14H3. The van der Waals surface area contributed by atoms with Crippen molar-refractivity contribution in [3.05, 3.63) is 69.8 Å². The molecule has 3 nitrogen and oxygen atoms in total. The summed E-state index contributed by atoms with van der Waals surface area (Å²) >= 11 is 0. The summed E-state index contributed by atoms with van der Waals surface area (Å²) in [5.41, 5.74) is 6.31. The molecular weight excluding hydrogens is 499 g/mol. The van der Waals surface area contributed by atoms with Crippen LogP contribution in [0.15, 0.2) is 36.4 Å². The molecule has 3 aromatic rings. The molecule has 0 bridgehead atoms. The van der Waals surface area contributed by atoms with E-state index in [-0.39, 0.29) is 16.2 Å². The van der Waals surface area contributed by atoms with E-state index in [4.69, 9.17) is 9.47 Å². The first-order valence-corrected chi connectivity index (χ1v) is 15.2. The van der Waals surface area contributed by atoms with Gasteiger partial charge < -0.3 is 14.6 Å². The molecule has 4 heteroatoms. The molecule has 0 aliphatic carbocycles. The summed E-state index contributed by atoms with van der Waals surface area (Å²) in [6.45, 7) is 26.2. The molecule has 0 saturated heterocycles. The summed E-state index contributed by atoms with van der Waals surface area (Å²) < 4.78 is 12.5. The molecule has 0 saturated carbocycles. The zero-order chi connectivity index (χ0) is 29.7. The highest BCUT2D eigenvalue weighted by Crippen LogP contribution is 2.48. The zero-order valence-corrected chi connectivity index (χ0v) is 27.6. The lowest BCUT2D eigenvalue weighted by Gasteiger charge is -2.32. The zero-order valence-electron chi connectivity index (χ0n) is 26.7. The molecule has 3 rings (SSSR count). The minimum absolute atomic E-state index is 0.119. The second-order valence-corrected chi connectivity index (χ2v) is 16.1. The third kappa shape index (κ3) is 6.30. The van der Waals surface area contributed by atoms with Crippen LogP contribution in [-0.4, -0.2) is 19.3 Å². The first-order valence-electron chi connectivity index (χ1n) is 13.8. The fourth-order valence-electron chi connectivity index (χ4n) is 5.27. The van der Waals surface area contributed by atoms with Crippen LogP contribution in [0.1, 0.15) is 95.7 Å². The van der Waals surface area contributed by atoms with E-state index in [1.165, 1.54) is 22.3 Å². The van der Waals surface area contributed by atoms with Gasteiger partial charge in [-0.2, -0.15) is 0 Å². The van der Waals surface area contributed by atoms with Crippen molar-refractivity contribution in [3.63, 3.8) is 0 Å². The Morgan fingerprint density at radius 2 is 0.821 bits per heavy atom. The van der Waals surface area contributed by atoms with Crippen LogP contribution in [0.5, 0.6) is 17.2 Å². The maximum atomic E-state index is 12.0. The van der Waals surface area contributed by atoms with Crippen molar-refractivity contribution in [1.29, 1.82) is 0 Å². The summed E-state index contributed by atoms with van der Waals surface area (Å²) in [7, 11) is 2.27. The topological polar surface area (TPSA) is 38.7 Å². The van der Waals surface area contributed by atoms with E-state index in [0.717, 1.165) is 38.5 Å². The van der Waals surface area contributed by atoms with Crippen LogP contribution in [0.2, 0.25) is 0 Å². The Balaban J connectivity index is 2.63. The molecule has 0 fully saturated rings. The molecule has 0 aromatic heterocycles. The van der Waals surface area contributed by atoms with E-state index in [0.29, 0.717) is 5.75 Å². The van der Waals surface area contributed by atoms with Crippen molar-refractivity contribution in [2.75, 3.05) is 14.2 Å². The quantitative estimate of drug-likeness (QED) is 0.329. The number of rotatable bonds is 5. The number of phenols is 1. The van der Waals surface area contributed by atoms with E-state index < -0.39 is 7.92 Å². The smallest absolute Gasteiger partial charge is 0.130 e. The molecule has 212 valence electrons. The van der Waals surface area contributed by atoms with Gasteiger partial charge in [-0.15, -0.1) is 0 Å². The highest BCUT2D eigenvalue weighted by molar-refractivity contribution is 7.80. The van der Waals surface area contributed by atoms with Gasteiger partial charge in [0.1, 0.15) is 17.2 Å². The van der Waals surface area contributed by atoms with Gasteiger partial charge in [0, 0.05) is 32.6 Å². The average molecular weight is 549 g/mol. The Bertz CT molecular complexity index is 1290. The van der Waals surface area contributed by atoms with Crippen LogP contribution in [0.4, 0.5) is 0 Å². The largest absolute Gasteiger partial charge is 0.507 e. The number of phenolic OH excluding ortho intramolecular Hbond substituents is 1. The average Bonchev–Trinajstić information content (AvgIpc) is 2.78. The van der Waals surface area contributed by atoms with Crippen LogP contribution < -0.4 is 25.4 Å². The molecule has 3 aromatic carbocycles. The predicted octanol–water partition coefficient (Wildman–Crippen LogP) is 7.99. The lowest BCUT2D eigenvalue weighted by atomic mass is 9.85. The normalized spacial score (nSPS) is 12.7. The molecule has 0 radical (unpaired) electrons. The second kappa shape index (κ2) is 10.8. The van der Waals surface area contributed by atoms with Gasteiger partial charge >= 0.3 is 0 Å². The highest BCUT2D eigenvalue weighted by atomic mass is 31.1. The van der Waals surface area contributed by atoms with Crippen molar-refractivity contribution in [1.82, 2.24) is 0 Å². The maximum absolute atomic E-state index is 12.0. The minimum atomic E-state index is -1.26. The Hall–Kier alpha value is -2.51. The third-order valence-electron chi connectivity index (χ3n) is 7.22. The monoisotopic (exact) mass is 548 g/mol. The van der Waals surface area contributed by atoms with Crippen molar-refractivity contribution >= 4 is 23.8 Å². The number of aryl methyl sites for hydroxylation is 3. The van der Waals surface area contributed by atoms with Gasteiger partial charge in [-0.25, -0.2) is 0 Å². The van der Waals surface area contributed by atoms with Gasteiger partial charge in [0.25, 0.3) is 0 Å². The number of methoxy groups -OCH3 is 2. The van der Waals surface area contributed by atoms with Crippen LogP contribution in [-0.2, 0) is 16.2 Å². The molecule has 0 atom stereocenters. The first-order chi connectivity index (χ1) is 17.8. The lowest BCUT2D eigenvalue weighted by Crippen LogP contribution is -2.29. The number of ether oxygens (including phenoxy) is 2. The molecule has 0 aliphatic rings. The molecule has 0 unspecified atom stereocenters. The van der Waals surface area contributed by atoms with Gasteiger partial charge in [0.2, 0.25) is 0 Å². The van der Waals surface area contributed by atoms with Crippen LogP contribution in [0.25, 0.3) is 0 Å². The van der Waals surface area contributed by atoms with Gasteiger partial charge in [0.15, 0.2) is 0 Å². The number of benzene rings is 3. The first kappa shape index (κ1) is 31.0. The fraction of sp³-hybridized carbons (Fsp3) is 0.486. The van der Waals surface area contributed by atoms with Crippen LogP contribution in [0.3, 0.4) is 0 Å². The van der Waals surface area contributed by atoms with E-state index in [2.05, 4.69) is 119 Å². The summed E-state index contributed by atoms with van der Waals surface area (Å²) in [5, 5.41) is 15.1. The van der Waals surface area contributed by atoms with Crippen molar-refractivity contribution < 1.29 is 14.6 Å². The van der Waals surface area contributed by atoms with Crippen molar-refractivity contribution in [2.24, 2.45) is 0 Å². The molecule has 39 heavy (non-hydrogen) atoms. The summed E-state index contributed by atoms with van der Waals surface area (Å²) in [5.74, 6) is 2.14. The predicted molar refractivity (Wildman–Crippen MR) is 170 cm³/mol. The second-order valence-electron chi connectivity index (χ2n) is 14.0. The van der Waals surface area contributed by atoms with E-state index >= 15 is 0 Å². The molecule has 1 N–H and O–H groups in total. The summed E-state index contributed by atoms with van der Waals surface area (Å²) in [6.07, 6.45) is 0. The molecular formula is C35H49O3P. The fourth-order valence-corrected chi connectivity index (χ4v) is 8.21. The Labute approximate surface area is 238 Å². The molecule has 0 amide bonds. The van der Waals surface area contributed by atoms with Crippen LogP contribution in [0, 0.1) is 20.8 Å². The van der Waals surface area contributed by atoms with Gasteiger partial charge in [0.05, 0.1) is 14.2 Å². The maximum Gasteiger partial charge on any atom is 0.130 e. The van der Waals surface area contributed by atoms with E-state index in [1.54, 1.807) is 14.2 Å². The minimum Gasteiger partial charge on any atom is -0.507 e.